The standard InChI is InChI=1S/C11H19N3/c1-9-8-14(12-10(9)2)11-4-6-13(3)7-5-11/h8,11H,4-7H2,1-3H3. The van der Waals surface area contributed by atoms with Crippen molar-refractivity contribution in [1.29, 1.82) is 0 Å². The number of rotatable bonds is 1. The zero-order valence-corrected chi connectivity index (χ0v) is 9.32. The lowest BCUT2D eigenvalue weighted by Crippen LogP contribution is -2.31. The number of piperidine rings is 1. The van der Waals surface area contributed by atoms with E-state index >= 15 is 0 Å². The van der Waals surface area contributed by atoms with Gasteiger partial charge in [-0.2, -0.15) is 5.10 Å². The van der Waals surface area contributed by atoms with Crippen LogP contribution >= 0.6 is 0 Å². The lowest BCUT2D eigenvalue weighted by Gasteiger charge is -2.29. The SMILES string of the molecule is Cc1cn(C2CCN(C)CC2)nc1C. The van der Waals surface area contributed by atoms with E-state index in [9.17, 15) is 0 Å². The van der Waals surface area contributed by atoms with Gasteiger partial charge in [-0.15, -0.1) is 0 Å². The van der Waals surface area contributed by atoms with E-state index in [2.05, 4.69) is 41.8 Å². The summed E-state index contributed by atoms with van der Waals surface area (Å²) in [6.07, 6.45) is 4.65. The highest BCUT2D eigenvalue weighted by molar-refractivity contribution is 5.12. The van der Waals surface area contributed by atoms with Crippen molar-refractivity contribution in [3.8, 4) is 0 Å². The summed E-state index contributed by atoms with van der Waals surface area (Å²) in [6.45, 7) is 6.61. The fourth-order valence-electron chi connectivity index (χ4n) is 2.02. The molecule has 1 aromatic rings. The van der Waals surface area contributed by atoms with Gasteiger partial charge in [0.15, 0.2) is 0 Å². The molecule has 0 bridgehead atoms. The van der Waals surface area contributed by atoms with Gasteiger partial charge in [0.1, 0.15) is 0 Å². The normalized spacial score (nSPS) is 20.2. The molecule has 1 aliphatic rings. The molecule has 0 amide bonds. The van der Waals surface area contributed by atoms with Crippen LogP contribution in [0, 0.1) is 13.8 Å². The number of hydrogen-bond donors (Lipinski definition) is 0. The Labute approximate surface area is 85.7 Å². The van der Waals surface area contributed by atoms with Crippen molar-refractivity contribution in [3.63, 3.8) is 0 Å². The molecule has 1 fully saturated rings. The largest absolute Gasteiger partial charge is 0.306 e. The molecule has 1 aromatic heterocycles. The average Bonchev–Trinajstić information content (AvgIpc) is 2.48. The molecule has 0 unspecified atom stereocenters. The molecular formula is C11H19N3. The molecule has 2 heterocycles. The van der Waals surface area contributed by atoms with Crippen LogP contribution in [0.15, 0.2) is 6.20 Å². The van der Waals surface area contributed by atoms with Crippen LogP contribution in [0.25, 0.3) is 0 Å². The summed E-state index contributed by atoms with van der Waals surface area (Å²) < 4.78 is 2.16. The smallest absolute Gasteiger partial charge is 0.0622 e. The van der Waals surface area contributed by atoms with Gasteiger partial charge in [-0.3, -0.25) is 4.68 Å². The Morgan fingerprint density at radius 2 is 1.93 bits per heavy atom. The molecule has 0 aromatic carbocycles. The van der Waals surface area contributed by atoms with E-state index in [1.807, 2.05) is 0 Å². The van der Waals surface area contributed by atoms with Gasteiger partial charge in [-0.1, -0.05) is 0 Å². The Hall–Kier alpha value is -0.830. The molecule has 3 nitrogen and oxygen atoms in total. The van der Waals surface area contributed by atoms with Crippen molar-refractivity contribution in [3.05, 3.63) is 17.5 Å². The van der Waals surface area contributed by atoms with Crippen LogP contribution in [0.3, 0.4) is 0 Å². The summed E-state index contributed by atoms with van der Waals surface area (Å²) in [5.74, 6) is 0. The van der Waals surface area contributed by atoms with Crippen molar-refractivity contribution >= 4 is 0 Å². The first-order chi connectivity index (χ1) is 6.66. The first-order valence-corrected chi connectivity index (χ1v) is 5.37. The molecular weight excluding hydrogens is 174 g/mol. The van der Waals surface area contributed by atoms with Gasteiger partial charge in [-0.25, -0.2) is 0 Å². The van der Waals surface area contributed by atoms with Crippen LogP contribution < -0.4 is 0 Å². The van der Waals surface area contributed by atoms with Crippen molar-refractivity contribution < 1.29 is 0 Å². The minimum atomic E-state index is 0.624. The number of aryl methyl sites for hydroxylation is 2. The van der Waals surface area contributed by atoms with E-state index in [1.165, 1.54) is 37.2 Å². The van der Waals surface area contributed by atoms with Crippen LogP contribution in [0.1, 0.15) is 30.1 Å². The number of hydrogen-bond acceptors (Lipinski definition) is 2. The molecule has 3 heteroatoms. The zero-order valence-electron chi connectivity index (χ0n) is 9.32. The van der Waals surface area contributed by atoms with Crippen LogP contribution in [0.2, 0.25) is 0 Å². The zero-order chi connectivity index (χ0) is 10.1. The molecule has 0 saturated carbocycles. The van der Waals surface area contributed by atoms with Crippen molar-refractivity contribution in [2.45, 2.75) is 32.7 Å². The first-order valence-electron chi connectivity index (χ1n) is 5.37. The minimum Gasteiger partial charge on any atom is -0.306 e. The Morgan fingerprint density at radius 1 is 1.29 bits per heavy atom. The monoisotopic (exact) mass is 193 g/mol. The van der Waals surface area contributed by atoms with Crippen LogP contribution in [0.4, 0.5) is 0 Å². The Kier molecular flexibility index (Phi) is 2.59. The second kappa shape index (κ2) is 3.73. The molecule has 0 N–H and O–H groups in total. The maximum atomic E-state index is 4.56. The van der Waals surface area contributed by atoms with Gasteiger partial charge in [-0.05, 0) is 52.4 Å². The van der Waals surface area contributed by atoms with E-state index < -0.39 is 0 Å². The first kappa shape index (κ1) is 9.71. The van der Waals surface area contributed by atoms with Crippen LogP contribution in [-0.4, -0.2) is 34.8 Å². The van der Waals surface area contributed by atoms with Gasteiger partial charge in [0.25, 0.3) is 0 Å². The van der Waals surface area contributed by atoms with Gasteiger partial charge < -0.3 is 4.90 Å². The van der Waals surface area contributed by atoms with Gasteiger partial charge in [0.2, 0.25) is 0 Å². The van der Waals surface area contributed by atoms with E-state index in [0.29, 0.717) is 6.04 Å². The summed E-state index contributed by atoms with van der Waals surface area (Å²) >= 11 is 0. The van der Waals surface area contributed by atoms with Crippen molar-refractivity contribution in [1.82, 2.24) is 14.7 Å². The third kappa shape index (κ3) is 1.82. The average molecular weight is 193 g/mol. The minimum absolute atomic E-state index is 0.624. The Balaban J connectivity index is 2.08. The van der Waals surface area contributed by atoms with Gasteiger partial charge >= 0.3 is 0 Å². The second-order valence-electron chi connectivity index (χ2n) is 4.41. The van der Waals surface area contributed by atoms with Gasteiger partial charge in [0.05, 0.1) is 11.7 Å². The highest BCUT2D eigenvalue weighted by atomic mass is 15.3. The maximum absolute atomic E-state index is 4.56. The fourth-order valence-corrected chi connectivity index (χ4v) is 2.02. The van der Waals surface area contributed by atoms with Crippen molar-refractivity contribution in [2.75, 3.05) is 20.1 Å². The molecule has 0 spiro atoms. The predicted molar refractivity (Wildman–Crippen MR) is 57.5 cm³/mol. The molecule has 0 radical (unpaired) electrons. The Bertz CT molecular complexity index is 289. The van der Waals surface area contributed by atoms with Crippen molar-refractivity contribution in [2.24, 2.45) is 0 Å². The third-order valence-electron chi connectivity index (χ3n) is 3.22. The summed E-state index contributed by atoms with van der Waals surface area (Å²) in [7, 11) is 2.19. The number of aromatic nitrogens is 2. The maximum Gasteiger partial charge on any atom is 0.0622 e. The third-order valence-corrected chi connectivity index (χ3v) is 3.22. The summed E-state index contributed by atoms with van der Waals surface area (Å²) in [5.41, 5.74) is 2.48. The van der Waals surface area contributed by atoms with E-state index in [1.54, 1.807) is 0 Å². The molecule has 78 valence electrons. The number of nitrogens with zero attached hydrogens (tertiary/aromatic N) is 3. The lowest BCUT2D eigenvalue weighted by molar-refractivity contribution is 0.212. The molecule has 0 aliphatic carbocycles. The predicted octanol–water partition coefficient (Wildman–Crippen LogP) is 1.77. The van der Waals surface area contributed by atoms with Gasteiger partial charge in [0, 0.05) is 6.20 Å². The van der Waals surface area contributed by atoms with E-state index in [0.717, 1.165) is 0 Å². The lowest BCUT2D eigenvalue weighted by atomic mass is 10.1. The second-order valence-corrected chi connectivity index (χ2v) is 4.41. The summed E-state index contributed by atoms with van der Waals surface area (Å²) in [4.78, 5) is 2.39. The van der Waals surface area contributed by atoms with Crippen LogP contribution in [0.5, 0.6) is 0 Å². The Morgan fingerprint density at radius 3 is 2.43 bits per heavy atom. The topological polar surface area (TPSA) is 21.1 Å². The summed E-state index contributed by atoms with van der Waals surface area (Å²) in [5, 5.41) is 4.56. The number of likely N-dealkylation sites (tertiary alicyclic amines) is 1. The fraction of sp³-hybridized carbons (Fsp3) is 0.727. The molecule has 1 saturated heterocycles. The molecule has 1 aliphatic heterocycles. The van der Waals surface area contributed by atoms with E-state index in [4.69, 9.17) is 0 Å². The molecule has 2 rings (SSSR count). The molecule has 0 atom stereocenters. The van der Waals surface area contributed by atoms with Crippen LogP contribution in [-0.2, 0) is 0 Å². The molecule has 14 heavy (non-hydrogen) atoms. The highest BCUT2D eigenvalue weighted by Gasteiger charge is 2.18. The van der Waals surface area contributed by atoms with E-state index in [-0.39, 0.29) is 0 Å². The highest BCUT2D eigenvalue weighted by Crippen LogP contribution is 2.21. The summed E-state index contributed by atoms with van der Waals surface area (Å²) in [6, 6.07) is 0.624. The quantitative estimate of drug-likeness (QED) is 0.677.